The van der Waals surface area contributed by atoms with Crippen molar-refractivity contribution in [2.45, 2.75) is 12.3 Å². The van der Waals surface area contributed by atoms with Crippen LogP contribution in [-0.4, -0.2) is 18.3 Å². The Bertz CT molecular complexity index is 312. The number of benzene rings is 1. The molecule has 1 aliphatic rings. The molecule has 1 aromatic carbocycles. The van der Waals surface area contributed by atoms with Crippen molar-refractivity contribution in [3.8, 4) is 5.75 Å². The lowest BCUT2D eigenvalue weighted by atomic mass is 9.94. The lowest BCUT2D eigenvalue weighted by Gasteiger charge is -2.24. The Labute approximate surface area is 82.1 Å². The van der Waals surface area contributed by atoms with Crippen LogP contribution in [0, 0.1) is 0 Å². The molecular weight excluding hydrogens is 188 g/mol. The summed E-state index contributed by atoms with van der Waals surface area (Å²) in [6, 6.07) is 5.54. The van der Waals surface area contributed by atoms with Gasteiger partial charge in [-0.1, -0.05) is 11.6 Å². The number of aliphatic hydroxyl groups is 1. The normalized spacial score (nSPS) is 20.6. The van der Waals surface area contributed by atoms with E-state index in [9.17, 15) is 0 Å². The maximum absolute atomic E-state index is 9.13. The Morgan fingerprint density at radius 1 is 1.54 bits per heavy atom. The van der Waals surface area contributed by atoms with Gasteiger partial charge in [0, 0.05) is 16.5 Å². The zero-order chi connectivity index (χ0) is 9.26. The molecule has 1 aromatic rings. The number of hydrogen-bond donors (Lipinski definition) is 1. The maximum atomic E-state index is 9.13. The summed E-state index contributed by atoms with van der Waals surface area (Å²) in [7, 11) is 0. The van der Waals surface area contributed by atoms with E-state index in [1.54, 1.807) is 6.07 Å². The van der Waals surface area contributed by atoms with E-state index in [1.165, 1.54) is 0 Å². The van der Waals surface area contributed by atoms with Crippen LogP contribution in [0.5, 0.6) is 5.75 Å². The molecule has 3 heteroatoms. The number of hydrogen-bond acceptors (Lipinski definition) is 2. The predicted molar refractivity (Wildman–Crippen MR) is 51.4 cm³/mol. The second-order valence-electron chi connectivity index (χ2n) is 3.20. The molecule has 13 heavy (non-hydrogen) atoms. The fourth-order valence-corrected chi connectivity index (χ4v) is 1.81. The van der Waals surface area contributed by atoms with E-state index in [1.807, 2.05) is 12.1 Å². The van der Waals surface area contributed by atoms with Crippen LogP contribution in [0.2, 0.25) is 5.02 Å². The highest BCUT2D eigenvalue weighted by Gasteiger charge is 2.20. The van der Waals surface area contributed by atoms with E-state index in [0.29, 0.717) is 11.6 Å². The molecule has 2 rings (SSSR count). The molecule has 1 heterocycles. The fourth-order valence-electron chi connectivity index (χ4n) is 1.63. The third kappa shape index (κ3) is 1.64. The summed E-state index contributed by atoms with van der Waals surface area (Å²) < 4.78 is 5.44. The number of rotatable bonds is 1. The number of fused-ring (bicyclic) bond motifs is 1. The molecule has 1 atom stereocenters. The summed E-state index contributed by atoms with van der Waals surface area (Å²) in [6.07, 6.45) is 0.865. The minimum absolute atomic E-state index is 0.163. The van der Waals surface area contributed by atoms with Crippen LogP contribution in [0.15, 0.2) is 18.2 Å². The van der Waals surface area contributed by atoms with Crippen LogP contribution in [0.3, 0.4) is 0 Å². The summed E-state index contributed by atoms with van der Waals surface area (Å²) >= 11 is 5.86. The summed E-state index contributed by atoms with van der Waals surface area (Å²) in [5.41, 5.74) is 1.03. The first-order valence-electron chi connectivity index (χ1n) is 4.34. The quantitative estimate of drug-likeness (QED) is 0.750. The largest absolute Gasteiger partial charge is 0.493 e. The maximum Gasteiger partial charge on any atom is 0.122 e. The zero-order valence-electron chi connectivity index (χ0n) is 7.16. The molecule has 1 aliphatic heterocycles. The first kappa shape index (κ1) is 8.85. The van der Waals surface area contributed by atoms with Crippen molar-refractivity contribution < 1.29 is 9.84 Å². The molecular formula is C10H11ClO2. The molecule has 0 saturated carbocycles. The zero-order valence-corrected chi connectivity index (χ0v) is 7.92. The smallest absolute Gasteiger partial charge is 0.122 e. The SMILES string of the molecule is OCC1CCOc2ccc(Cl)cc21. The number of halogens is 1. The van der Waals surface area contributed by atoms with Gasteiger partial charge in [0.25, 0.3) is 0 Å². The van der Waals surface area contributed by atoms with Crippen molar-refractivity contribution in [1.82, 2.24) is 0 Å². The summed E-state index contributed by atoms with van der Waals surface area (Å²) in [5, 5.41) is 9.83. The fraction of sp³-hybridized carbons (Fsp3) is 0.400. The molecule has 0 fully saturated rings. The highest BCUT2D eigenvalue weighted by atomic mass is 35.5. The average Bonchev–Trinajstić information content (AvgIpc) is 2.17. The highest BCUT2D eigenvalue weighted by molar-refractivity contribution is 6.30. The van der Waals surface area contributed by atoms with Gasteiger partial charge in [0.2, 0.25) is 0 Å². The molecule has 70 valence electrons. The molecule has 0 amide bonds. The molecule has 2 nitrogen and oxygen atoms in total. The van der Waals surface area contributed by atoms with Gasteiger partial charge in [-0.25, -0.2) is 0 Å². The van der Waals surface area contributed by atoms with E-state index in [4.69, 9.17) is 21.4 Å². The van der Waals surface area contributed by atoms with Gasteiger partial charge in [0.15, 0.2) is 0 Å². The van der Waals surface area contributed by atoms with Gasteiger partial charge >= 0.3 is 0 Å². The van der Waals surface area contributed by atoms with Crippen LogP contribution in [0.4, 0.5) is 0 Å². The van der Waals surface area contributed by atoms with E-state index in [2.05, 4.69) is 0 Å². The molecule has 0 bridgehead atoms. The van der Waals surface area contributed by atoms with Crippen LogP contribution in [0.25, 0.3) is 0 Å². The van der Waals surface area contributed by atoms with Crippen LogP contribution in [0.1, 0.15) is 17.9 Å². The Morgan fingerprint density at radius 2 is 2.38 bits per heavy atom. The van der Waals surface area contributed by atoms with Crippen molar-refractivity contribution in [1.29, 1.82) is 0 Å². The van der Waals surface area contributed by atoms with Crippen LogP contribution in [-0.2, 0) is 0 Å². The van der Waals surface area contributed by atoms with E-state index >= 15 is 0 Å². The molecule has 1 N–H and O–H groups in total. The van der Waals surface area contributed by atoms with Gasteiger partial charge in [-0.3, -0.25) is 0 Å². The van der Waals surface area contributed by atoms with Gasteiger partial charge in [0.1, 0.15) is 5.75 Å². The van der Waals surface area contributed by atoms with E-state index in [0.717, 1.165) is 17.7 Å². The Morgan fingerprint density at radius 3 is 3.15 bits per heavy atom. The van der Waals surface area contributed by atoms with E-state index in [-0.39, 0.29) is 12.5 Å². The van der Waals surface area contributed by atoms with Crippen molar-refractivity contribution in [3.63, 3.8) is 0 Å². The minimum Gasteiger partial charge on any atom is -0.493 e. The van der Waals surface area contributed by atoms with Gasteiger partial charge in [0.05, 0.1) is 13.2 Å². The summed E-state index contributed by atoms with van der Waals surface area (Å²) in [5.74, 6) is 1.04. The first-order valence-corrected chi connectivity index (χ1v) is 4.72. The topological polar surface area (TPSA) is 29.5 Å². The number of ether oxygens (including phenoxy) is 1. The molecule has 0 spiro atoms. The van der Waals surface area contributed by atoms with Crippen LogP contribution >= 0.6 is 11.6 Å². The van der Waals surface area contributed by atoms with Gasteiger partial charge in [-0.15, -0.1) is 0 Å². The third-order valence-electron chi connectivity index (χ3n) is 2.36. The lowest BCUT2D eigenvalue weighted by Crippen LogP contribution is -2.16. The minimum atomic E-state index is 0.163. The second-order valence-corrected chi connectivity index (χ2v) is 3.64. The Balaban J connectivity index is 2.41. The van der Waals surface area contributed by atoms with E-state index < -0.39 is 0 Å². The average molecular weight is 199 g/mol. The van der Waals surface area contributed by atoms with Gasteiger partial charge < -0.3 is 9.84 Å². The molecule has 0 radical (unpaired) electrons. The lowest BCUT2D eigenvalue weighted by molar-refractivity contribution is 0.205. The van der Waals surface area contributed by atoms with Crippen molar-refractivity contribution in [2.75, 3.05) is 13.2 Å². The molecule has 0 aliphatic carbocycles. The van der Waals surface area contributed by atoms with Gasteiger partial charge in [-0.05, 0) is 24.6 Å². The molecule has 1 unspecified atom stereocenters. The van der Waals surface area contributed by atoms with Crippen LogP contribution < -0.4 is 4.74 Å². The Kier molecular flexibility index (Phi) is 2.42. The van der Waals surface area contributed by atoms with Crippen molar-refractivity contribution in [2.24, 2.45) is 0 Å². The van der Waals surface area contributed by atoms with Crippen molar-refractivity contribution in [3.05, 3.63) is 28.8 Å². The third-order valence-corrected chi connectivity index (χ3v) is 2.59. The first-order chi connectivity index (χ1) is 6.31. The molecule has 0 aromatic heterocycles. The monoisotopic (exact) mass is 198 g/mol. The Hall–Kier alpha value is -0.730. The summed E-state index contributed by atoms with van der Waals surface area (Å²) in [4.78, 5) is 0. The standard InChI is InChI=1S/C10H11ClO2/c11-8-1-2-10-9(5-8)7(6-12)3-4-13-10/h1-2,5,7,12H,3-4,6H2. The predicted octanol–water partition coefficient (Wildman–Crippen LogP) is 2.20. The van der Waals surface area contributed by atoms with Gasteiger partial charge in [-0.2, -0.15) is 0 Å². The second kappa shape index (κ2) is 3.56. The molecule has 0 saturated heterocycles. The summed E-state index contributed by atoms with van der Waals surface area (Å²) in [6.45, 7) is 0.844. The van der Waals surface area contributed by atoms with Crippen molar-refractivity contribution >= 4 is 11.6 Å². The highest BCUT2D eigenvalue weighted by Crippen LogP contribution is 2.34. The number of aliphatic hydroxyl groups excluding tert-OH is 1.